The molecule has 0 aliphatic heterocycles. The number of nitrogens with two attached hydrogens (primary N) is 1. The quantitative estimate of drug-likeness (QED) is 0.851. The predicted octanol–water partition coefficient (Wildman–Crippen LogP) is 0.932. The molecule has 0 bridgehead atoms. The molecule has 2 rings (SSSR count). The highest BCUT2D eigenvalue weighted by atomic mass is 19.1. The molecule has 100 valence electrons. The fraction of sp³-hybridized carbons (Fsp3) is 0.273. The minimum atomic E-state index is -0.685. The molecule has 0 spiro atoms. The number of nitrogens with one attached hydrogen (secondary N) is 1. The van der Waals surface area contributed by atoms with Crippen molar-refractivity contribution in [2.75, 3.05) is 5.32 Å². The lowest BCUT2D eigenvalue weighted by Crippen LogP contribution is -2.12. The Hall–Kier alpha value is -2.51. The Morgan fingerprint density at radius 3 is 2.79 bits per heavy atom. The standard InChI is InChI=1S/C11H12FN5O2/c1-5-9(12)11(16-6(2)15-5)14-3-8-17-7(4-19-8)10(13)18/h4H,3H2,1-2H3,(H2,13,18)(H,14,15,16). The first-order chi connectivity index (χ1) is 8.97. The molecule has 0 aromatic carbocycles. The van der Waals surface area contributed by atoms with Gasteiger partial charge in [-0.2, -0.15) is 0 Å². The van der Waals surface area contributed by atoms with E-state index >= 15 is 0 Å². The number of oxazole rings is 1. The zero-order chi connectivity index (χ0) is 14.0. The van der Waals surface area contributed by atoms with Crippen LogP contribution in [0.4, 0.5) is 10.2 Å². The molecule has 0 atom stereocenters. The van der Waals surface area contributed by atoms with Gasteiger partial charge in [-0.25, -0.2) is 19.3 Å². The summed E-state index contributed by atoms with van der Waals surface area (Å²) in [6.07, 6.45) is 1.15. The molecule has 0 fully saturated rings. The van der Waals surface area contributed by atoms with Gasteiger partial charge >= 0.3 is 0 Å². The lowest BCUT2D eigenvalue weighted by atomic mass is 10.4. The Balaban J connectivity index is 2.12. The van der Waals surface area contributed by atoms with E-state index in [1.54, 1.807) is 13.8 Å². The van der Waals surface area contributed by atoms with E-state index < -0.39 is 11.7 Å². The lowest BCUT2D eigenvalue weighted by molar-refractivity contribution is 0.0995. The number of hydrogen-bond acceptors (Lipinski definition) is 6. The van der Waals surface area contributed by atoms with Crippen molar-refractivity contribution in [1.29, 1.82) is 0 Å². The van der Waals surface area contributed by atoms with Crippen molar-refractivity contribution >= 4 is 11.7 Å². The molecule has 7 nitrogen and oxygen atoms in total. The van der Waals surface area contributed by atoms with Gasteiger partial charge in [0.05, 0.1) is 12.2 Å². The van der Waals surface area contributed by atoms with Crippen molar-refractivity contribution in [2.45, 2.75) is 20.4 Å². The minimum absolute atomic E-state index is 0.0207. The van der Waals surface area contributed by atoms with Crippen molar-refractivity contribution in [1.82, 2.24) is 15.0 Å². The first-order valence-corrected chi connectivity index (χ1v) is 5.46. The summed E-state index contributed by atoms with van der Waals surface area (Å²) in [6.45, 7) is 3.29. The SMILES string of the molecule is Cc1nc(C)c(F)c(NCc2nc(C(N)=O)co2)n1. The van der Waals surface area contributed by atoms with Crippen LogP contribution >= 0.6 is 0 Å². The molecule has 8 heteroatoms. The van der Waals surface area contributed by atoms with Crippen LogP contribution in [0.25, 0.3) is 0 Å². The summed E-state index contributed by atoms with van der Waals surface area (Å²) < 4.78 is 18.7. The number of halogens is 1. The number of nitrogens with zero attached hydrogens (tertiary/aromatic N) is 3. The highest BCUT2D eigenvalue weighted by Gasteiger charge is 2.12. The number of hydrogen-bond donors (Lipinski definition) is 2. The molecule has 0 saturated carbocycles. The molecular weight excluding hydrogens is 253 g/mol. The van der Waals surface area contributed by atoms with E-state index in [1.807, 2.05) is 0 Å². The molecule has 3 N–H and O–H groups in total. The van der Waals surface area contributed by atoms with E-state index in [-0.39, 0.29) is 29.6 Å². The van der Waals surface area contributed by atoms with Gasteiger partial charge in [-0.05, 0) is 13.8 Å². The van der Waals surface area contributed by atoms with Crippen LogP contribution in [0.15, 0.2) is 10.7 Å². The van der Waals surface area contributed by atoms with Crippen LogP contribution in [-0.2, 0) is 6.54 Å². The minimum Gasteiger partial charge on any atom is -0.446 e. The van der Waals surface area contributed by atoms with Gasteiger partial charge in [0, 0.05) is 0 Å². The van der Waals surface area contributed by atoms with Crippen LogP contribution in [0, 0.1) is 19.7 Å². The summed E-state index contributed by atoms with van der Waals surface area (Å²) in [5.74, 6) is -0.500. The normalized spacial score (nSPS) is 10.5. The molecule has 0 saturated heterocycles. The van der Waals surface area contributed by atoms with Gasteiger partial charge in [0.25, 0.3) is 5.91 Å². The number of carbonyl (C=O) groups is 1. The van der Waals surface area contributed by atoms with Gasteiger partial charge in [-0.1, -0.05) is 0 Å². The fourth-order valence-corrected chi connectivity index (χ4v) is 1.48. The molecule has 0 radical (unpaired) electrons. The molecule has 1 amide bonds. The maximum atomic E-state index is 13.7. The Morgan fingerprint density at radius 1 is 1.42 bits per heavy atom. The number of primary amides is 1. The molecular formula is C11H12FN5O2. The number of anilines is 1. The van der Waals surface area contributed by atoms with E-state index in [1.165, 1.54) is 0 Å². The third-order valence-electron chi connectivity index (χ3n) is 2.34. The Labute approximate surface area is 108 Å². The summed E-state index contributed by atoms with van der Waals surface area (Å²) in [7, 11) is 0. The fourth-order valence-electron chi connectivity index (χ4n) is 1.48. The lowest BCUT2D eigenvalue weighted by Gasteiger charge is -2.06. The van der Waals surface area contributed by atoms with Crippen molar-refractivity contribution in [3.05, 3.63) is 35.2 Å². The maximum Gasteiger partial charge on any atom is 0.270 e. The van der Waals surface area contributed by atoms with E-state index in [4.69, 9.17) is 10.2 Å². The highest BCUT2D eigenvalue weighted by Crippen LogP contribution is 2.14. The number of aromatic nitrogens is 3. The molecule has 19 heavy (non-hydrogen) atoms. The van der Waals surface area contributed by atoms with Gasteiger partial charge in [0.2, 0.25) is 5.89 Å². The summed E-state index contributed by atoms with van der Waals surface area (Å²) >= 11 is 0. The van der Waals surface area contributed by atoms with Crippen LogP contribution in [0.1, 0.15) is 27.9 Å². The summed E-state index contributed by atoms with van der Waals surface area (Å²) in [5, 5.41) is 2.73. The molecule has 2 heterocycles. The van der Waals surface area contributed by atoms with Crippen LogP contribution in [0.5, 0.6) is 0 Å². The van der Waals surface area contributed by atoms with Gasteiger partial charge in [0.15, 0.2) is 17.3 Å². The Kier molecular flexibility index (Phi) is 3.41. The number of rotatable bonds is 4. The first kappa shape index (κ1) is 12.9. The van der Waals surface area contributed by atoms with Gasteiger partial charge in [-0.15, -0.1) is 0 Å². The highest BCUT2D eigenvalue weighted by molar-refractivity contribution is 5.90. The molecule has 2 aromatic heterocycles. The van der Waals surface area contributed by atoms with E-state index in [9.17, 15) is 9.18 Å². The third-order valence-corrected chi connectivity index (χ3v) is 2.34. The summed E-state index contributed by atoms with van der Waals surface area (Å²) in [5.41, 5.74) is 5.31. The third kappa shape index (κ3) is 2.84. The number of aryl methyl sites for hydroxylation is 2. The van der Waals surface area contributed by atoms with E-state index in [0.29, 0.717) is 5.82 Å². The topological polar surface area (TPSA) is 107 Å². The zero-order valence-corrected chi connectivity index (χ0v) is 10.4. The second-order valence-corrected chi connectivity index (χ2v) is 3.86. The van der Waals surface area contributed by atoms with Crippen LogP contribution in [-0.4, -0.2) is 20.9 Å². The average molecular weight is 265 g/mol. The smallest absolute Gasteiger partial charge is 0.270 e. The van der Waals surface area contributed by atoms with E-state index in [2.05, 4.69) is 20.3 Å². The molecule has 2 aromatic rings. The Bertz CT molecular complexity index is 626. The average Bonchev–Trinajstić information content (AvgIpc) is 2.81. The van der Waals surface area contributed by atoms with E-state index in [0.717, 1.165) is 6.26 Å². The monoisotopic (exact) mass is 265 g/mol. The Morgan fingerprint density at radius 2 is 2.16 bits per heavy atom. The molecule has 0 unspecified atom stereocenters. The first-order valence-electron chi connectivity index (χ1n) is 5.46. The van der Waals surface area contributed by atoms with Crippen LogP contribution < -0.4 is 11.1 Å². The number of amides is 1. The van der Waals surface area contributed by atoms with Gasteiger partial charge in [0.1, 0.15) is 12.1 Å². The second-order valence-electron chi connectivity index (χ2n) is 3.86. The van der Waals surface area contributed by atoms with Gasteiger partial charge < -0.3 is 15.5 Å². The van der Waals surface area contributed by atoms with Gasteiger partial charge in [-0.3, -0.25) is 4.79 Å². The summed E-state index contributed by atoms with van der Waals surface area (Å²) in [4.78, 5) is 22.5. The second kappa shape index (κ2) is 5.01. The maximum absolute atomic E-state index is 13.7. The van der Waals surface area contributed by atoms with Crippen molar-refractivity contribution in [2.24, 2.45) is 5.73 Å². The predicted molar refractivity (Wildman–Crippen MR) is 63.8 cm³/mol. The zero-order valence-electron chi connectivity index (χ0n) is 10.4. The number of carbonyl (C=O) groups excluding carboxylic acids is 1. The van der Waals surface area contributed by atoms with Crippen molar-refractivity contribution in [3.63, 3.8) is 0 Å². The molecule has 0 aliphatic rings. The van der Waals surface area contributed by atoms with Crippen molar-refractivity contribution in [3.8, 4) is 0 Å². The van der Waals surface area contributed by atoms with Crippen LogP contribution in [0.3, 0.4) is 0 Å². The summed E-state index contributed by atoms with van der Waals surface area (Å²) in [6, 6.07) is 0. The largest absolute Gasteiger partial charge is 0.446 e. The van der Waals surface area contributed by atoms with Crippen LogP contribution in [0.2, 0.25) is 0 Å². The molecule has 0 aliphatic carbocycles. The van der Waals surface area contributed by atoms with Crippen molar-refractivity contribution < 1.29 is 13.6 Å².